The van der Waals surface area contributed by atoms with E-state index >= 15 is 0 Å². The van der Waals surface area contributed by atoms with E-state index in [4.69, 9.17) is 4.74 Å². The summed E-state index contributed by atoms with van der Waals surface area (Å²) in [6, 6.07) is 9.62. The van der Waals surface area contributed by atoms with Crippen molar-refractivity contribution in [1.82, 2.24) is 19.7 Å². The number of benzene rings is 1. The number of Topliss-reactive ketones (excluding diaryl/α,β-unsaturated/α-hetero) is 1. The number of halogens is 1. The van der Waals surface area contributed by atoms with Gasteiger partial charge in [-0.15, -0.1) is 0 Å². The molecule has 11 nitrogen and oxygen atoms in total. The molecule has 0 unspecified atom stereocenters. The Balaban J connectivity index is 1.38. The molecule has 210 valence electrons. The monoisotopic (exact) mass is 610 g/mol. The number of fused-ring (bicyclic) bond motifs is 3. The van der Waals surface area contributed by atoms with E-state index in [1.807, 2.05) is 0 Å². The van der Waals surface area contributed by atoms with Gasteiger partial charge in [0.2, 0.25) is 11.8 Å². The SMILES string of the molecule is CC(=O)c1nn(CC(=O)N2[C@@H]3CC[C@@H](C3)[C@H]2C(=O)Nc2cccc(Br)n2)c2ccc(NC(=O)OC(C)(C)C)cc12. The zero-order chi connectivity index (χ0) is 28.8. The second-order valence-corrected chi connectivity index (χ2v) is 12.0. The van der Waals surface area contributed by atoms with E-state index in [0.717, 1.165) is 19.3 Å². The summed E-state index contributed by atoms with van der Waals surface area (Å²) >= 11 is 3.31. The number of aromatic nitrogens is 3. The topological polar surface area (TPSA) is 136 Å². The number of likely N-dealkylation sites (tertiary alicyclic amines) is 1. The maximum absolute atomic E-state index is 13.7. The van der Waals surface area contributed by atoms with Gasteiger partial charge in [-0.3, -0.25) is 24.4 Å². The standard InChI is InChI=1S/C28H31BrN6O5/c1-15(36)24-19-13-17(30-27(39)40-28(2,3)4)9-11-20(19)34(33-24)14-23(37)35-18-10-8-16(12-18)25(35)26(38)32-22-7-5-6-21(29)31-22/h5-7,9,11,13,16,18,25H,8,10,12,14H2,1-4H3,(H,30,39)(H,31,32,38)/t16-,18+,25-/m0/s1. The van der Waals surface area contributed by atoms with Crippen LogP contribution in [0.25, 0.3) is 10.9 Å². The van der Waals surface area contributed by atoms with Gasteiger partial charge in [-0.05, 0) is 92.2 Å². The average Bonchev–Trinajstić information content (AvgIpc) is 3.56. The van der Waals surface area contributed by atoms with Crippen molar-refractivity contribution in [3.05, 3.63) is 46.7 Å². The molecule has 3 aromatic rings. The highest BCUT2D eigenvalue weighted by molar-refractivity contribution is 9.10. The van der Waals surface area contributed by atoms with Gasteiger partial charge < -0.3 is 15.0 Å². The van der Waals surface area contributed by atoms with Gasteiger partial charge in [0.25, 0.3) is 0 Å². The summed E-state index contributed by atoms with van der Waals surface area (Å²) < 4.78 is 7.40. The molecular formula is C28H31BrN6O5. The third kappa shape index (κ3) is 5.72. The predicted octanol–water partition coefficient (Wildman–Crippen LogP) is 4.76. The van der Waals surface area contributed by atoms with Crippen LogP contribution >= 0.6 is 15.9 Å². The number of carbonyl (C=O) groups excluding carboxylic acids is 4. The molecule has 1 saturated carbocycles. The number of amides is 3. The molecule has 12 heteroatoms. The summed E-state index contributed by atoms with van der Waals surface area (Å²) in [6.45, 7) is 6.57. The molecule has 5 rings (SSSR count). The van der Waals surface area contributed by atoms with Gasteiger partial charge in [-0.25, -0.2) is 9.78 Å². The van der Waals surface area contributed by atoms with Gasteiger partial charge in [-0.2, -0.15) is 5.10 Å². The first-order chi connectivity index (χ1) is 18.9. The normalized spacial score (nSPS) is 20.0. The van der Waals surface area contributed by atoms with E-state index in [0.29, 0.717) is 27.0 Å². The minimum absolute atomic E-state index is 0.0255. The van der Waals surface area contributed by atoms with E-state index in [2.05, 4.69) is 36.6 Å². The Bertz CT molecular complexity index is 1510. The van der Waals surface area contributed by atoms with E-state index in [1.54, 1.807) is 62.1 Å². The number of nitrogens with one attached hydrogen (secondary N) is 2. The highest BCUT2D eigenvalue weighted by atomic mass is 79.9. The van der Waals surface area contributed by atoms with Crippen LogP contribution < -0.4 is 10.6 Å². The molecule has 2 bridgehead atoms. The highest BCUT2D eigenvalue weighted by Crippen LogP contribution is 2.43. The number of rotatable bonds is 6. The van der Waals surface area contributed by atoms with Crippen LogP contribution in [0.15, 0.2) is 41.0 Å². The lowest BCUT2D eigenvalue weighted by Gasteiger charge is -2.34. The number of pyridine rings is 1. The van der Waals surface area contributed by atoms with Gasteiger partial charge in [-0.1, -0.05) is 6.07 Å². The smallest absolute Gasteiger partial charge is 0.412 e. The summed E-state index contributed by atoms with van der Waals surface area (Å²) in [5.41, 5.74) is 0.526. The van der Waals surface area contributed by atoms with Crippen molar-refractivity contribution in [2.45, 2.75) is 71.2 Å². The van der Waals surface area contributed by atoms with Crippen LogP contribution in [0.4, 0.5) is 16.3 Å². The first-order valence-electron chi connectivity index (χ1n) is 13.2. The molecule has 3 amide bonds. The van der Waals surface area contributed by atoms with Gasteiger partial charge in [0.1, 0.15) is 34.3 Å². The second kappa shape index (κ2) is 10.6. The van der Waals surface area contributed by atoms with E-state index < -0.39 is 17.7 Å². The summed E-state index contributed by atoms with van der Waals surface area (Å²) in [6.07, 6.45) is 1.87. The number of piperidine rings is 1. The van der Waals surface area contributed by atoms with E-state index in [9.17, 15) is 19.2 Å². The van der Waals surface area contributed by atoms with Gasteiger partial charge in [0, 0.05) is 24.0 Å². The molecule has 2 aromatic heterocycles. The van der Waals surface area contributed by atoms with Gasteiger partial charge in [0.05, 0.1) is 5.52 Å². The quantitative estimate of drug-likeness (QED) is 0.303. The van der Waals surface area contributed by atoms with Crippen LogP contribution in [0, 0.1) is 5.92 Å². The van der Waals surface area contributed by atoms with Crippen LogP contribution in [0.2, 0.25) is 0 Å². The minimum Gasteiger partial charge on any atom is -0.444 e. The van der Waals surface area contributed by atoms with Crippen LogP contribution in [-0.2, 0) is 20.9 Å². The molecular weight excluding hydrogens is 580 g/mol. The Morgan fingerprint density at radius 3 is 2.58 bits per heavy atom. The maximum Gasteiger partial charge on any atom is 0.412 e. The number of hydrogen-bond donors (Lipinski definition) is 2. The largest absolute Gasteiger partial charge is 0.444 e. The number of ether oxygens (including phenoxy) is 1. The van der Waals surface area contributed by atoms with Crippen LogP contribution in [0.5, 0.6) is 0 Å². The second-order valence-electron chi connectivity index (χ2n) is 11.2. The maximum atomic E-state index is 13.7. The first kappa shape index (κ1) is 27.8. The molecule has 3 heterocycles. The lowest BCUT2D eigenvalue weighted by atomic mass is 9.97. The Morgan fingerprint density at radius 1 is 1.10 bits per heavy atom. The summed E-state index contributed by atoms with van der Waals surface area (Å²) in [5, 5.41) is 10.5. The van der Waals surface area contributed by atoms with Crippen molar-refractivity contribution in [2.24, 2.45) is 5.92 Å². The Labute approximate surface area is 239 Å². The lowest BCUT2D eigenvalue weighted by molar-refractivity contribution is -0.141. The summed E-state index contributed by atoms with van der Waals surface area (Å²) in [4.78, 5) is 57.7. The molecule has 40 heavy (non-hydrogen) atoms. The van der Waals surface area contributed by atoms with Crippen molar-refractivity contribution in [1.29, 1.82) is 0 Å². The third-order valence-corrected chi connectivity index (χ3v) is 7.56. The summed E-state index contributed by atoms with van der Waals surface area (Å²) in [7, 11) is 0. The Kier molecular flexibility index (Phi) is 7.38. The van der Waals surface area contributed by atoms with Gasteiger partial charge >= 0.3 is 6.09 Å². The predicted molar refractivity (Wildman–Crippen MR) is 152 cm³/mol. The van der Waals surface area contributed by atoms with Crippen molar-refractivity contribution >= 4 is 62.0 Å². The fraction of sp³-hybridized carbons (Fsp3) is 0.429. The zero-order valence-corrected chi connectivity index (χ0v) is 24.3. The van der Waals surface area contributed by atoms with Crippen molar-refractivity contribution < 1.29 is 23.9 Å². The molecule has 1 aliphatic carbocycles. The molecule has 2 N–H and O–H groups in total. The van der Waals surface area contributed by atoms with E-state index in [1.165, 1.54) is 11.6 Å². The molecule has 1 aromatic carbocycles. The fourth-order valence-electron chi connectivity index (χ4n) is 5.63. The molecule has 0 radical (unpaired) electrons. The average molecular weight is 611 g/mol. The molecule has 3 atom stereocenters. The molecule has 2 aliphatic rings. The van der Waals surface area contributed by atoms with Crippen molar-refractivity contribution in [3.63, 3.8) is 0 Å². The molecule has 1 aliphatic heterocycles. The lowest BCUT2D eigenvalue weighted by Crippen LogP contribution is -2.52. The Hall–Kier alpha value is -3.80. The fourth-order valence-corrected chi connectivity index (χ4v) is 5.97. The zero-order valence-electron chi connectivity index (χ0n) is 22.7. The number of nitrogens with zero attached hydrogens (tertiary/aromatic N) is 4. The van der Waals surface area contributed by atoms with Crippen LogP contribution in [0.3, 0.4) is 0 Å². The van der Waals surface area contributed by atoms with Gasteiger partial charge in [0.15, 0.2) is 5.78 Å². The van der Waals surface area contributed by atoms with Crippen molar-refractivity contribution in [3.8, 4) is 0 Å². The number of carbonyl (C=O) groups is 4. The van der Waals surface area contributed by atoms with Crippen LogP contribution in [0.1, 0.15) is 57.4 Å². The summed E-state index contributed by atoms with van der Waals surface area (Å²) in [5.74, 6) is -0.298. The highest BCUT2D eigenvalue weighted by Gasteiger charge is 2.51. The van der Waals surface area contributed by atoms with Crippen LogP contribution in [-0.4, -0.2) is 61.0 Å². The third-order valence-electron chi connectivity index (χ3n) is 7.12. The van der Waals surface area contributed by atoms with Crippen molar-refractivity contribution in [2.75, 3.05) is 10.6 Å². The van der Waals surface area contributed by atoms with E-state index in [-0.39, 0.29) is 41.8 Å². The first-order valence-corrected chi connectivity index (χ1v) is 13.9. The number of hydrogen-bond acceptors (Lipinski definition) is 7. The molecule has 2 fully saturated rings. The molecule has 1 saturated heterocycles. The number of anilines is 2. The molecule has 0 spiro atoms. The minimum atomic E-state index is -0.664. The Morgan fingerprint density at radius 2 is 1.88 bits per heavy atom. The number of ketones is 1.